The molecule has 0 aromatic heterocycles. The Morgan fingerprint density at radius 2 is 1.51 bits per heavy atom. The van der Waals surface area contributed by atoms with Gasteiger partial charge in [0.25, 0.3) is 5.91 Å². The van der Waals surface area contributed by atoms with Crippen molar-refractivity contribution in [1.82, 2.24) is 5.32 Å². The highest BCUT2D eigenvalue weighted by Gasteiger charge is 2.43. The van der Waals surface area contributed by atoms with Crippen LogP contribution in [0.4, 0.5) is 5.69 Å². The van der Waals surface area contributed by atoms with Gasteiger partial charge in [-0.1, -0.05) is 42.5 Å². The Kier molecular flexibility index (Phi) is 9.65. The van der Waals surface area contributed by atoms with Gasteiger partial charge in [0.1, 0.15) is 29.6 Å². The number of amides is 1. The summed E-state index contributed by atoms with van der Waals surface area (Å²) in [5.41, 5.74) is 6.94. The summed E-state index contributed by atoms with van der Waals surface area (Å²) in [7, 11) is 3.89. The van der Waals surface area contributed by atoms with Crippen LogP contribution in [0.15, 0.2) is 102 Å². The zero-order valence-corrected chi connectivity index (χ0v) is 23.8. The second kappa shape index (κ2) is 13.7. The number of allylic oxidation sites excluding steroid dienone is 1. The standard InChI is InChI=1S/C32H30N4O7/c1-40-21-13-15-22(16-14-21)43-18-17-35-30(37)23-11-7-8-12-25(23)36-28(32(39)42-3)27(31(38)41-2)26(24(19-33)29(36)34)20-9-5-4-6-10-20/h4-16,26H,17-18,34H2,1-3H3,(H,35,37). The molecule has 0 saturated heterocycles. The zero-order valence-electron chi connectivity index (χ0n) is 23.8. The highest BCUT2D eigenvalue weighted by molar-refractivity contribution is 6.08. The number of carbonyl (C=O) groups excluding carboxylic acids is 3. The molecule has 3 aromatic rings. The second-order valence-electron chi connectivity index (χ2n) is 9.13. The first-order valence-electron chi connectivity index (χ1n) is 13.2. The minimum Gasteiger partial charge on any atom is -0.497 e. The predicted octanol–water partition coefficient (Wildman–Crippen LogP) is 3.40. The van der Waals surface area contributed by atoms with Crippen molar-refractivity contribution >= 4 is 23.5 Å². The predicted molar refractivity (Wildman–Crippen MR) is 157 cm³/mol. The van der Waals surface area contributed by atoms with E-state index in [-0.39, 0.29) is 47.1 Å². The maximum absolute atomic E-state index is 13.4. The number of rotatable bonds is 10. The van der Waals surface area contributed by atoms with E-state index in [1.807, 2.05) is 0 Å². The van der Waals surface area contributed by atoms with Gasteiger partial charge < -0.3 is 30.0 Å². The molecular formula is C32H30N4O7. The summed E-state index contributed by atoms with van der Waals surface area (Å²) >= 11 is 0. The largest absolute Gasteiger partial charge is 0.497 e. The first-order valence-corrected chi connectivity index (χ1v) is 13.2. The average Bonchev–Trinajstić information content (AvgIpc) is 3.05. The van der Waals surface area contributed by atoms with Crippen LogP contribution in [-0.4, -0.2) is 52.3 Å². The van der Waals surface area contributed by atoms with Gasteiger partial charge in [0.2, 0.25) is 0 Å². The molecular weight excluding hydrogens is 552 g/mol. The van der Waals surface area contributed by atoms with Crippen molar-refractivity contribution in [3.05, 3.63) is 113 Å². The normalized spacial score (nSPS) is 14.5. The van der Waals surface area contributed by atoms with Crippen molar-refractivity contribution < 1.29 is 33.3 Å². The molecule has 1 aliphatic rings. The van der Waals surface area contributed by atoms with Gasteiger partial charge in [-0.3, -0.25) is 9.69 Å². The number of para-hydroxylation sites is 1. The number of hydrogen-bond donors (Lipinski definition) is 2. The number of anilines is 1. The smallest absolute Gasteiger partial charge is 0.355 e. The van der Waals surface area contributed by atoms with E-state index in [1.165, 1.54) is 18.1 Å². The van der Waals surface area contributed by atoms with Gasteiger partial charge >= 0.3 is 11.9 Å². The van der Waals surface area contributed by atoms with Crippen molar-refractivity contribution in [2.24, 2.45) is 5.73 Å². The summed E-state index contributed by atoms with van der Waals surface area (Å²) < 4.78 is 21.0. The summed E-state index contributed by atoms with van der Waals surface area (Å²) in [4.78, 5) is 41.2. The number of nitrogens with one attached hydrogen (secondary N) is 1. The van der Waals surface area contributed by atoms with Crippen LogP contribution < -0.4 is 25.4 Å². The molecule has 11 heteroatoms. The molecule has 1 atom stereocenters. The van der Waals surface area contributed by atoms with Crippen LogP contribution in [0.1, 0.15) is 21.8 Å². The zero-order chi connectivity index (χ0) is 30.9. The third-order valence-corrected chi connectivity index (χ3v) is 6.72. The topological polar surface area (TPSA) is 153 Å². The lowest BCUT2D eigenvalue weighted by Gasteiger charge is -2.36. The fourth-order valence-corrected chi connectivity index (χ4v) is 4.72. The van der Waals surface area contributed by atoms with E-state index in [1.54, 1.807) is 79.9 Å². The Balaban J connectivity index is 1.73. The van der Waals surface area contributed by atoms with E-state index in [4.69, 9.17) is 24.7 Å². The van der Waals surface area contributed by atoms with Gasteiger partial charge in [-0.2, -0.15) is 5.26 Å². The molecule has 0 saturated carbocycles. The van der Waals surface area contributed by atoms with Gasteiger partial charge in [-0.15, -0.1) is 0 Å². The Morgan fingerprint density at radius 3 is 2.14 bits per heavy atom. The van der Waals surface area contributed by atoms with Crippen LogP contribution in [0, 0.1) is 11.3 Å². The molecule has 11 nitrogen and oxygen atoms in total. The summed E-state index contributed by atoms with van der Waals surface area (Å²) in [5, 5.41) is 13.0. The first-order chi connectivity index (χ1) is 20.9. The molecule has 43 heavy (non-hydrogen) atoms. The SMILES string of the molecule is COC(=O)C1=C(C(=O)OC)N(c2ccccc2C(=O)NCCOc2ccc(OC)cc2)C(N)=C(C#N)C1c1ccccc1. The van der Waals surface area contributed by atoms with Gasteiger partial charge in [-0.25, -0.2) is 9.59 Å². The Labute approximate surface area is 248 Å². The molecule has 4 rings (SSSR count). The van der Waals surface area contributed by atoms with Crippen molar-refractivity contribution in [3.63, 3.8) is 0 Å². The summed E-state index contributed by atoms with van der Waals surface area (Å²) in [5.74, 6) is -2.17. The van der Waals surface area contributed by atoms with Crippen molar-refractivity contribution in [2.75, 3.05) is 39.4 Å². The number of nitrogens with two attached hydrogens (primary N) is 1. The molecule has 3 aromatic carbocycles. The summed E-state index contributed by atoms with van der Waals surface area (Å²) in [6.45, 7) is 0.320. The molecule has 0 bridgehead atoms. The maximum atomic E-state index is 13.4. The molecule has 1 heterocycles. The highest BCUT2D eigenvalue weighted by atomic mass is 16.5. The van der Waals surface area contributed by atoms with Gasteiger partial charge in [0.15, 0.2) is 0 Å². The molecule has 1 amide bonds. The number of nitrogens with zero attached hydrogens (tertiary/aromatic N) is 2. The quantitative estimate of drug-likeness (QED) is 0.269. The van der Waals surface area contributed by atoms with E-state index >= 15 is 0 Å². The number of methoxy groups -OCH3 is 3. The van der Waals surface area contributed by atoms with E-state index in [2.05, 4.69) is 11.4 Å². The molecule has 1 aliphatic heterocycles. The number of ether oxygens (including phenoxy) is 4. The molecule has 3 N–H and O–H groups in total. The Bertz CT molecular complexity index is 1610. The van der Waals surface area contributed by atoms with Crippen LogP contribution in [-0.2, 0) is 19.1 Å². The van der Waals surface area contributed by atoms with E-state index in [0.29, 0.717) is 17.1 Å². The summed E-state index contributed by atoms with van der Waals surface area (Å²) in [6, 6.07) is 24.1. The number of benzene rings is 3. The third kappa shape index (κ3) is 6.28. The minimum absolute atomic E-state index is 0.0117. The van der Waals surface area contributed by atoms with Gasteiger partial charge in [0.05, 0.1) is 62.3 Å². The number of esters is 2. The molecule has 220 valence electrons. The lowest BCUT2D eigenvalue weighted by atomic mass is 9.80. The van der Waals surface area contributed by atoms with Crippen molar-refractivity contribution in [3.8, 4) is 17.6 Å². The molecule has 0 spiro atoms. The minimum atomic E-state index is -1.03. The van der Waals surface area contributed by atoms with Crippen LogP contribution in [0.3, 0.4) is 0 Å². The lowest BCUT2D eigenvalue weighted by molar-refractivity contribution is -0.139. The summed E-state index contributed by atoms with van der Waals surface area (Å²) in [6.07, 6.45) is 0. The lowest BCUT2D eigenvalue weighted by Crippen LogP contribution is -2.41. The molecule has 0 fully saturated rings. The van der Waals surface area contributed by atoms with Crippen LogP contribution in [0.5, 0.6) is 11.5 Å². The van der Waals surface area contributed by atoms with Crippen LogP contribution in [0.25, 0.3) is 0 Å². The maximum Gasteiger partial charge on any atom is 0.355 e. The Hall–Kier alpha value is -5.76. The van der Waals surface area contributed by atoms with Gasteiger partial charge in [0, 0.05) is 0 Å². The number of carbonyl (C=O) groups is 3. The van der Waals surface area contributed by atoms with E-state index < -0.39 is 23.8 Å². The second-order valence-corrected chi connectivity index (χ2v) is 9.13. The molecule has 0 radical (unpaired) electrons. The first kappa shape index (κ1) is 30.2. The number of nitriles is 1. The van der Waals surface area contributed by atoms with Crippen LogP contribution >= 0.6 is 0 Å². The fraction of sp³-hybridized carbons (Fsp3) is 0.188. The average molecular weight is 583 g/mol. The highest BCUT2D eigenvalue weighted by Crippen LogP contribution is 2.43. The monoisotopic (exact) mass is 582 g/mol. The van der Waals surface area contributed by atoms with E-state index in [0.717, 1.165) is 7.11 Å². The molecule has 0 aliphatic carbocycles. The number of hydrogen-bond acceptors (Lipinski definition) is 10. The third-order valence-electron chi connectivity index (χ3n) is 6.72. The Morgan fingerprint density at radius 1 is 0.884 bits per heavy atom. The fourth-order valence-electron chi connectivity index (χ4n) is 4.72. The van der Waals surface area contributed by atoms with E-state index in [9.17, 15) is 19.6 Å². The van der Waals surface area contributed by atoms with Gasteiger partial charge in [-0.05, 0) is 42.0 Å². The molecule has 1 unspecified atom stereocenters. The van der Waals surface area contributed by atoms with Crippen molar-refractivity contribution in [1.29, 1.82) is 5.26 Å². The van der Waals surface area contributed by atoms with Crippen molar-refractivity contribution in [2.45, 2.75) is 5.92 Å². The van der Waals surface area contributed by atoms with Crippen LogP contribution in [0.2, 0.25) is 0 Å².